The molecule has 6 aromatic rings. The van der Waals surface area contributed by atoms with Crippen LogP contribution in [0.3, 0.4) is 0 Å². The van der Waals surface area contributed by atoms with Crippen LogP contribution in [0, 0.1) is 25.7 Å². The van der Waals surface area contributed by atoms with Gasteiger partial charge >= 0.3 is 11.9 Å². The highest BCUT2D eigenvalue weighted by Gasteiger charge is 2.34. The molecule has 0 saturated carbocycles. The Morgan fingerprint density at radius 2 is 1.15 bits per heavy atom. The lowest BCUT2D eigenvalue weighted by molar-refractivity contribution is -0.131. The third-order valence-corrected chi connectivity index (χ3v) is 10.8. The number of imidazole rings is 2. The molecule has 0 radical (unpaired) electrons. The van der Waals surface area contributed by atoms with Crippen molar-refractivity contribution in [2.24, 2.45) is 25.9 Å². The summed E-state index contributed by atoms with van der Waals surface area (Å²) in [6, 6.07) is 10.4. The van der Waals surface area contributed by atoms with E-state index in [0.29, 0.717) is 24.0 Å². The third kappa shape index (κ3) is 5.73. The zero-order chi connectivity index (χ0) is 36.3. The summed E-state index contributed by atoms with van der Waals surface area (Å²) in [6.45, 7) is 3.90. The van der Waals surface area contributed by atoms with Gasteiger partial charge in [-0.1, -0.05) is 0 Å². The quantitative estimate of drug-likeness (QED) is 0.115. The molecule has 2 atom stereocenters. The van der Waals surface area contributed by atoms with Gasteiger partial charge in [-0.25, -0.2) is 19.6 Å². The summed E-state index contributed by atoms with van der Waals surface area (Å²) in [5.74, 6) is -1.29. The van der Waals surface area contributed by atoms with Gasteiger partial charge in [0.1, 0.15) is 11.5 Å². The summed E-state index contributed by atoms with van der Waals surface area (Å²) >= 11 is 0. The van der Waals surface area contributed by atoms with Gasteiger partial charge in [0.05, 0.1) is 24.0 Å². The Morgan fingerprint density at radius 1 is 0.731 bits per heavy atom. The number of fused-ring (bicyclic) bond motifs is 6. The molecule has 0 fully saturated rings. The predicted octanol–water partition coefficient (Wildman–Crippen LogP) is 5.78. The van der Waals surface area contributed by atoms with Crippen LogP contribution in [0.5, 0.6) is 11.5 Å². The van der Waals surface area contributed by atoms with Crippen molar-refractivity contribution < 1.29 is 28.7 Å². The highest BCUT2D eigenvalue weighted by molar-refractivity contribution is 6.12. The minimum atomic E-state index is -0.768. The van der Waals surface area contributed by atoms with E-state index < -0.39 is 11.9 Å². The van der Waals surface area contributed by atoms with Gasteiger partial charge in [0.25, 0.3) is 0 Å². The number of ketones is 2. The number of carbonyl (C=O) groups is 4. The van der Waals surface area contributed by atoms with E-state index >= 15 is 0 Å². The van der Waals surface area contributed by atoms with E-state index in [9.17, 15) is 19.2 Å². The fourth-order valence-electron chi connectivity index (χ4n) is 7.99. The van der Waals surface area contributed by atoms with Crippen molar-refractivity contribution in [1.29, 1.82) is 0 Å². The molecule has 0 aliphatic heterocycles. The Kier molecular flexibility index (Phi) is 8.24. The predicted molar refractivity (Wildman–Crippen MR) is 193 cm³/mol. The van der Waals surface area contributed by atoms with Crippen LogP contribution < -0.4 is 9.47 Å². The first-order chi connectivity index (χ1) is 25.1. The van der Waals surface area contributed by atoms with Gasteiger partial charge in [0.15, 0.2) is 11.6 Å². The van der Waals surface area contributed by atoms with E-state index in [0.717, 1.165) is 93.8 Å². The van der Waals surface area contributed by atoms with Crippen LogP contribution in [0.15, 0.2) is 61.2 Å². The van der Waals surface area contributed by atoms with Gasteiger partial charge in [-0.05, 0) is 75.9 Å². The number of rotatable bonds is 8. The zero-order valence-corrected chi connectivity index (χ0v) is 29.4. The van der Waals surface area contributed by atoms with E-state index in [1.165, 1.54) is 0 Å². The maximum absolute atomic E-state index is 13.7. The van der Waals surface area contributed by atoms with Crippen molar-refractivity contribution in [1.82, 2.24) is 29.1 Å². The Balaban J connectivity index is 0.958. The molecule has 52 heavy (non-hydrogen) atoms. The number of aromatic nitrogens is 6. The monoisotopic (exact) mass is 698 g/mol. The Labute approximate surface area is 298 Å². The fourth-order valence-corrected chi connectivity index (χ4v) is 7.99. The van der Waals surface area contributed by atoms with Crippen LogP contribution in [-0.2, 0) is 49.4 Å². The van der Waals surface area contributed by atoms with E-state index in [2.05, 4.69) is 19.9 Å². The van der Waals surface area contributed by atoms with Gasteiger partial charge in [-0.3, -0.25) is 9.59 Å². The molecule has 2 aromatic carbocycles. The lowest BCUT2D eigenvalue weighted by Crippen LogP contribution is -2.25. The average molecular weight is 699 g/mol. The van der Waals surface area contributed by atoms with Crippen molar-refractivity contribution in [2.45, 2.75) is 52.4 Å². The molecule has 2 aliphatic rings. The Hall–Kier alpha value is -6.04. The van der Waals surface area contributed by atoms with E-state index in [1.54, 1.807) is 36.9 Å². The lowest BCUT2D eigenvalue weighted by atomic mass is 9.82. The maximum atomic E-state index is 13.7. The highest BCUT2D eigenvalue weighted by atomic mass is 16.5. The molecule has 2 unspecified atom stereocenters. The minimum Gasteiger partial charge on any atom is -0.423 e. The Bertz CT molecular complexity index is 2300. The number of hydrogen-bond donors (Lipinski definition) is 2. The molecule has 12 heteroatoms. The normalized spacial score (nSPS) is 17.2. The maximum Gasteiger partial charge on any atom is 0.336 e. The second-order valence-corrected chi connectivity index (χ2v) is 13.9. The van der Waals surface area contributed by atoms with E-state index in [-0.39, 0.29) is 34.9 Å². The van der Waals surface area contributed by atoms with Gasteiger partial charge < -0.3 is 28.6 Å². The van der Waals surface area contributed by atoms with Crippen LogP contribution in [-0.4, -0.2) is 52.6 Å². The molecule has 12 nitrogen and oxygen atoms in total. The lowest BCUT2D eigenvalue weighted by Gasteiger charge is -2.21. The summed E-state index contributed by atoms with van der Waals surface area (Å²) in [5, 5.41) is 1.44. The molecule has 0 spiro atoms. The van der Waals surface area contributed by atoms with Crippen LogP contribution in [0.1, 0.15) is 67.7 Å². The van der Waals surface area contributed by atoms with Gasteiger partial charge in [0.2, 0.25) is 0 Å². The van der Waals surface area contributed by atoms with Gasteiger partial charge in [-0.15, -0.1) is 0 Å². The number of hydrogen-bond acceptors (Lipinski definition) is 8. The number of benzene rings is 2. The SMILES string of the molecule is Cc1[nH]cnc1CC1CCc2c(c3cc(OC(=O)/C=C\C(=O)Oc4ccc5c(c4)c4c(n5C)CCC(Cc5nc[nH]c5C)C4=O)ccc3n2C)C1=O. The third-order valence-electron chi connectivity index (χ3n) is 10.8. The molecule has 2 N–H and O–H groups in total. The molecule has 264 valence electrons. The summed E-state index contributed by atoms with van der Waals surface area (Å²) in [5.41, 5.74) is 8.67. The topological polar surface area (TPSA) is 154 Å². The molecule has 4 aromatic heterocycles. The van der Waals surface area contributed by atoms with Crippen molar-refractivity contribution in [3.8, 4) is 11.5 Å². The van der Waals surface area contributed by atoms with E-state index in [1.807, 2.05) is 49.2 Å². The molecule has 8 rings (SSSR count). The fraction of sp³-hybridized carbons (Fsp3) is 0.300. The molecular weight excluding hydrogens is 660 g/mol. The zero-order valence-electron chi connectivity index (χ0n) is 29.4. The van der Waals surface area contributed by atoms with Crippen molar-refractivity contribution in [3.05, 3.63) is 106 Å². The minimum absolute atomic E-state index is 0.0582. The second-order valence-electron chi connectivity index (χ2n) is 13.9. The number of aryl methyl sites for hydroxylation is 4. The van der Waals surface area contributed by atoms with Crippen molar-refractivity contribution >= 4 is 45.3 Å². The average Bonchev–Trinajstić information content (AvgIpc) is 3.87. The second kappa shape index (κ2) is 12.9. The number of Topliss-reactive ketones (excluding diaryl/α,β-unsaturated/α-hetero) is 2. The first kappa shape index (κ1) is 33.1. The molecule has 4 heterocycles. The highest BCUT2D eigenvalue weighted by Crippen LogP contribution is 2.38. The number of nitrogens with one attached hydrogen (secondary N) is 2. The van der Waals surface area contributed by atoms with Gasteiger partial charge in [-0.2, -0.15) is 0 Å². The van der Waals surface area contributed by atoms with Crippen LogP contribution in [0.25, 0.3) is 21.8 Å². The number of carbonyl (C=O) groups excluding carboxylic acids is 4. The molecular formula is C40H38N6O6. The summed E-state index contributed by atoms with van der Waals surface area (Å²) in [4.78, 5) is 68.1. The van der Waals surface area contributed by atoms with Crippen molar-refractivity contribution in [2.75, 3.05) is 0 Å². The summed E-state index contributed by atoms with van der Waals surface area (Å²) < 4.78 is 15.2. The largest absolute Gasteiger partial charge is 0.423 e. The van der Waals surface area contributed by atoms with Crippen LogP contribution in [0.4, 0.5) is 0 Å². The number of H-pyrrole nitrogens is 2. The summed E-state index contributed by atoms with van der Waals surface area (Å²) in [7, 11) is 3.88. The molecule has 2 aliphatic carbocycles. The van der Waals surface area contributed by atoms with Crippen molar-refractivity contribution in [3.63, 3.8) is 0 Å². The Morgan fingerprint density at radius 3 is 1.54 bits per heavy atom. The smallest absolute Gasteiger partial charge is 0.336 e. The number of esters is 2. The van der Waals surface area contributed by atoms with Crippen LogP contribution >= 0.6 is 0 Å². The first-order valence-corrected chi connectivity index (χ1v) is 17.5. The molecule has 0 amide bonds. The summed E-state index contributed by atoms with van der Waals surface area (Å²) in [6.07, 6.45) is 9.41. The molecule has 0 bridgehead atoms. The number of ether oxygens (including phenoxy) is 2. The number of aromatic amines is 2. The van der Waals surface area contributed by atoms with Gasteiger partial charge in [0, 0.05) is 107 Å². The first-order valence-electron chi connectivity index (χ1n) is 17.5. The number of nitrogens with zero attached hydrogens (tertiary/aromatic N) is 4. The van der Waals surface area contributed by atoms with Crippen LogP contribution in [0.2, 0.25) is 0 Å². The molecule has 0 saturated heterocycles. The van der Waals surface area contributed by atoms with E-state index in [4.69, 9.17) is 9.47 Å². The standard InChI is InChI=1S/C40H38N6O6/c1-21-29(43-19-41-21)15-23-5-9-33-37(39(23)49)27-17-25(7-11-31(27)45(33)3)51-35(47)13-14-36(48)52-26-8-12-32-28(18-26)38-34(46(32)4)10-6-24(40(38)50)16-30-22(2)42-20-44-30/h7-8,11-14,17-20,23-24H,5-6,9-10,15-16H2,1-4H3,(H,41,43)(H,42,44)/b14-13-.